The van der Waals surface area contributed by atoms with Gasteiger partial charge in [-0.1, -0.05) is 34.1 Å². The van der Waals surface area contributed by atoms with Crippen LogP contribution in [0, 0.1) is 29.1 Å². The second kappa shape index (κ2) is 8.29. The van der Waals surface area contributed by atoms with Crippen LogP contribution in [0.4, 0.5) is 27.6 Å². The third-order valence-electron chi connectivity index (χ3n) is 4.52. The number of rotatable bonds is 8. The van der Waals surface area contributed by atoms with Gasteiger partial charge in [0, 0.05) is 6.54 Å². The summed E-state index contributed by atoms with van der Waals surface area (Å²) in [5.41, 5.74) is -0.645. The first-order valence-electron chi connectivity index (χ1n) is 8.01. The Balaban J connectivity index is 2.64. The normalized spacial score (nSPS) is 12.3. The molecule has 0 unspecified atom stereocenters. The molecule has 24 heavy (non-hydrogen) atoms. The first-order chi connectivity index (χ1) is 11.0. The van der Waals surface area contributed by atoms with Gasteiger partial charge >= 0.3 is 0 Å². The highest BCUT2D eigenvalue weighted by molar-refractivity contribution is 6.75. The van der Waals surface area contributed by atoms with E-state index in [1.807, 2.05) is 27.7 Å². The fourth-order valence-corrected chi connectivity index (χ4v) is 6.06. The molecule has 0 radical (unpaired) electrons. The first-order valence-corrected chi connectivity index (χ1v) is 10.3. The second-order valence-electron chi connectivity index (χ2n) is 6.63. The summed E-state index contributed by atoms with van der Waals surface area (Å²) in [6.07, 6.45) is 1.07. The zero-order valence-corrected chi connectivity index (χ0v) is 15.3. The van der Waals surface area contributed by atoms with Crippen molar-refractivity contribution in [2.24, 2.45) is 0 Å². The van der Waals surface area contributed by atoms with Crippen molar-refractivity contribution in [3.05, 3.63) is 29.1 Å². The van der Waals surface area contributed by atoms with E-state index in [2.05, 4.69) is 5.32 Å². The quantitative estimate of drug-likeness (QED) is 0.213. The van der Waals surface area contributed by atoms with Crippen LogP contribution >= 0.6 is 0 Å². The average Bonchev–Trinajstić information content (AvgIpc) is 2.52. The lowest BCUT2D eigenvalue weighted by atomic mass is 10.2. The molecule has 0 spiro atoms. The van der Waals surface area contributed by atoms with E-state index >= 15 is 0 Å². The van der Waals surface area contributed by atoms with Crippen LogP contribution in [0.2, 0.25) is 17.1 Å². The van der Waals surface area contributed by atoms with Crippen molar-refractivity contribution in [2.45, 2.75) is 57.7 Å². The van der Waals surface area contributed by atoms with Gasteiger partial charge in [0.25, 0.3) is 0 Å². The van der Waals surface area contributed by atoms with Gasteiger partial charge in [0.1, 0.15) is 5.69 Å². The van der Waals surface area contributed by atoms with Crippen molar-refractivity contribution < 1.29 is 26.7 Å². The van der Waals surface area contributed by atoms with Gasteiger partial charge in [-0.2, -0.15) is 0 Å². The van der Waals surface area contributed by atoms with E-state index in [1.165, 1.54) is 0 Å². The molecular formula is C16H24F5NOSi. The van der Waals surface area contributed by atoms with Crippen LogP contribution < -0.4 is 5.32 Å². The van der Waals surface area contributed by atoms with Gasteiger partial charge in [0.05, 0.1) is 0 Å². The Morgan fingerprint density at radius 3 is 1.62 bits per heavy atom. The van der Waals surface area contributed by atoms with Gasteiger partial charge in [-0.3, -0.25) is 0 Å². The van der Waals surface area contributed by atoms with Crippen molar-refractivity contribution in [1.29, 1.82) is 0 Å². The molecule has 0 atom stereocenters. The van der Waals surface area contributed by atoms with Gasteiger partial charge in [-0.25, -0.2) is 22.0 Å². The van der Waals surface area contributed by atoms with Crippen molar-refractivity contribution >= 4 is 14.0 Å². The maximum atomic E-state index is 13.5. The summed E-state index contributed by atoms with van der Waals surface area (Å²) in [6.45, 7) is 7.94. The number of hydrogen-bond donors (Lipinski definition) is 2. The molecule has 0 aliphatic heterocycles. The maximum absolute atomic E-state index is 13.5. The van der Waals surface area contributed by atoms with E-state index in [-0.39, 0.29) is 17.6 Å². The number of anilines is 1. The van der Waals surface area contributed by atoms with E-state index in [9.17, 15) is 26.7 Å². The third kappa shape index (κ3) is 4.27. The first kappa shape index (κ1) is 20.9. The van der Waals surface area contributed by atoms with Gasteiger partial charge < -0.3 is 10.1 Å². The fourth-order valence-electron chi connectivity index (χ4n) is 2.75. The summed E-state index contributed by atoms with van der Waals surface area (Å²) in [4.78, 5) is 10.7. The molecule has 138 valence electrons. The lowest BCUT2D eigenvalue weighted by Crippen LogP contribution is -2.41. The summed E-state index contributed by atoms with van der Waals surface area (Å²) < 4.78 is 66.1. The lowest BCUT2D eigenvalue weighted by Gasteiger charge is -2.33. The number of nitrogens with one attached hydrogen (secondary N) is 1. The maximum Gasteiger partial charge on any atom is 0.200 e. The van der Waals surface area contributed by atoms with Crippen molar-refractivity contribution in [3.8, 4) is 0 Å². The fraction of sp³-hybridized carbons (Fsp3) is 0.625. The minimum Gasteiger partial charge on any atom is -0.431 e. The van der Waals surface area contributed by atoms with Crippen molar-refractivity contribution in [1.82, 2.24) is 0 Å². The van der Waals surface area contributed by atoms with Crippen LogP contribution in [0.5, 0.6) is 0 Å². The second-order valence-corrected chi connectivity index (χ2v) is 11.4. The Morgan fingerprint density at radius 2 is 1.21 bits per heavy atom. The number of benzene rings is 1. The highest BCUT2D eigenvalue weighted by Gasteiger charge is 2.37. The summed E-state index contributed by atoms with van der Waals surface area (Å²) in [5.74, 6) is -9.81. The Bertz CT molecular complexity index is 543. The number of hydrogen-bond acceptors (Lipinski definition) is 2. The van der Waals surface area contributed by atoms with Crippen LogP contribution in [0.1, 0.15) is 40.5 Å². The van der Waals surface area contributed by atoms with E-state index in [4.69, 9.17) is 0 Å². The molecule has 2 nitrogen and oxygen atoms in total. The Labute approximate surface area is 140 Å². The topological polar surface area (TPSA) is 32.3 Å². The average molecular weight is 369 g/mol. The predicted octanol–water partition coefficient (Wildman–Crippen LogP) is 5.33. The molecule has 0 bridgehead atoms. The van der Waals surface area contributed by atoms with Gasteiger partial charge in [0.2, 0.25) is 5.82 Å². The Kier molecular flexibility index (Phi) is 7.21. The van der Waals surface area contributed by atoms with Gasteiger partial charge in [-0.05, 0) is 23.5 Å². The monoisotopic (exact) mass is 369 g/mol. The van der Waals surface area contributed by atoms with Gasteiger partial charge in [-0.15, -0.1) is 0 Å². The number of unbranched alkanes of at least 4 members (excludes halogenated alkanes) is 1. The van der Waals surface area contributed by atoms with Crippen molar-refractivity contribution in [2.75, 3.05) is 11.9 Å². The van der Waals surface area contributed by atoms with E-state index in [0.717, 1.165) is 0 Å². The lowest BCUT2D eigenvalue weighted by molar-refractivity contribution is 0.381. The minimum absolute atomic E-state index is 0.0546. The zero-order valence-electron chi connectivity index (χ0n) is 14.3. The van der Waals surface area contributed by atoms with Crippen molar-refractivity contribution in [3.63, 3.8) is 0 Å². The van der Waals surface area contributed by atoms with E-state index in [1.54, 1.807) is 0 Å². The summed E-state index contributed by atoms with van der Waals surface area (Å²) >= 11 is 0. The summed E-state index contributed by atoms with van der Waals surface area (Å²) in [7, 11) is -2.43. The molecule has 0 fully saturated rings. The molecule has 1 aromatic rings. The molecule has 0 aliphatic rings. The highest BCUT2D eigenvalue weighted by Crippen LogP contribution is 2.34. The third-order valence-corrected chi connectivity index (χ3v) is 9.67. The summed E-state index contributed by atoms with van der Waals surface area (Å²) in [6, 6.07) is 0.626. The SMILES string of the molecule is CC(C)[Si](O)(CCCCNc1c(F)c(F)c(F)c(F)c1F)C(C)C. The Hall–Kier alpha value is -1.15. The molecular weight excluding hydrogens is 345 g/mol. The molecule has 0 aromatic heterocycles. The zero-order chi connectivity index (χ0) is 18.7. The van der Waals surface area contributed by atoms with Crippen LogP contribution in [-0.4, -0.2) is 19.7 Å². The molecule has 2 N–H and O–H groups in total. The van der Waals surface area contributed by atoms with E-state index < -0.39 is 43.1 Å². The van der Waals surface area contributed by atoms with Crippen LogP contribution in [0.3, 0.4) is 0 Å². The molecule has 8 heteroatoms. The molecule has 0 saturated carbocycles. The van der Waals surface area contributed by atoms with Crippen LogP contribution in [0.15, 0.2) is 0 Å². The molecule has 1 aromatic carbocycles. The molecule has 0 amide bonds. The van der Waals surface area contributed by atoms with Crippen LogP contribution in [-0.2, 0) is 0 Å². The number of halogens is 5. The largest absolute Gasteiger partial charge is 0.431 e. The van der Waals surface area contributed by atoms with Crippen LogP contribution in [0.25, 0.3) is 0 Å². The molecule has 0 heterocycles. The molecule has 0 saturated heterocycles. The van der Waals surface area contributed by atoms with Gasteiger partial charge in [0.15, 0.2) is 31.6 Å². The Morgan fingerprint density at radius 1 is 0.792 bits per heavy atom. The standard InChI is InChI=1S/C16H24F5NOSi/c1-9(2)24(23,10(3)4)8-6-5-7-22-16-14(20)12(18)11(17)13(19)15(16)21/h9-10,22-23H,5-8H2,1-4H3. The summed E-state index contributed by atoms with van der Waals surface area (Å²) in [5, 5.41) is 2.27. The smallest absolute Gasteiger partial charge is 0.200 e. The molecule has 1 rings (SSSR count). The minimum atomic E-state index is -2.43. The molecule has 0 aliphatic carbocycles. The highest BCUT2D eigenvalue weighted by atomic mass is 28.4. The van der Waals surface area contributed by atoms with E-state index in [0.29, 0.717) is 18.9 Å². The predicted molar refractivity (Wildman–Crippen MR) is 86.9 cm³/mol.